The lowest BCUT2D eigenvalue weighted by atomic mass is 10.1. The number of nitrogens with one attached hydrogen (secondary N) is 1. The van der Waals surface area contributed by atoms with E-state index in [1.165, 1.54) is 5.56 Å². The second-order valence-corrected chi connectivity index (χ2v) is 7.34. The van der Waals surface area contributed by atoms with E-state index in [1.54, 1.807) is 6.07 Å². The molecular formula is C17H18BrNO2S. The maximum absolute atomic E-state index is 12.0. The van der Waals surface area contributed by atoms with E-state index in [0.717, 1.165) is 17.3 Å². The fraction of sp³-hybridized carbons (Fsp3) is 0.235. The van der Waals surface area contributed by atoms with Gasteiger partial charge in [0.15, 0.2) is 0 Å². The van der Waals surface area contributed by atoms with Gasteiger partial charge in [-0.15, -0.1) is 0 Å². The first-order chi connectivity index (χ1) is 10.6. The van der Waals surface area contributed by atoms with Crippen LogP contribution in [-0.2, 0) is 22.0 Å². The maximum Gasteiger partial charge on any atom is 0.237 e. The van der Waals surface area contributed by atoms with Gasteiger partial charge in [-0.3, -0.25) is 9.00 Å². The molecular weight excluding hydrogens is 362 g/mol. The zero-order chi connectivity index (χ0) is 15.8. The van der Waals surface area contributed by atoms with Gasteiger partial charge < -0.3 is 5.32 Å². The van der Waals surface area contributed by atoms with Crippen molar-refractivity contribution in [3.05, 3.63) is 64.6 Å². The lowest BCUT2D eigenvalue weighted by Crippen LogP contribution is -2.21. The fourth-order valence-corrected chi connectivity index (χ4v) is 3.41. The van der Waals surface area contributed by atoms with Crippen molar-refractivity contribution in [2.24, 2.45) is 0 Å². The van der Waals surface area contributed by atoms with Crippen LogP contribution >= 0.6 is 15.9 Å². The number of hydrogen-bond acceptors (Lipinski definition) is 2. The van der Waals surface area contributed by atoms with E-state index in [0.29, 0.717) is 11.4 Å². The van der Waals surface area contributed by atoms with Gasteiger partial charge in [-0.2, -0.15) is 0 Å². The third-order valence-electron chi connectivity index (χ3n) is 3.12. The molecule has 22 heavy (non-hydrogen) atoms. The Morgan fingerprint density at radius 3 is 2.45 bits per heavy atom. The largest absolute Gasteiger partial charge is 0.324 e. The number of carbonyl (C=O) groups excluding carboxylic acids is 1. The van der Waals surface area contributed by atoms with E-state index in [4.69, 9.17) is 0 Å². The minimum Gasteiger partial charge on any atom is -0.324 e. The minimum atomic E-state index is -1.13. The van der Waals surface area contributed by atoms with Crippen LogP contribution in [0.1, 0.15) is 12.0 Å². The molecule has 116 valence electrons. The summed E-state index contributed by atoms with van der Waals surface area (Å²) in [5, 5.41) is 2.77. The van der Waals surface area contributed by atoms with E-state index in [9.17, 15) is 9.00 Å². The summed E-state index contributed by atoms with van der Waals surface area (Å²) in [5.74, 6) is 0.360. The molecule has 0 radical (unpaired) electrons. The fourth-order valence-electron chi connectivity index (χ4n) is 2.05. The van der Waals surface area contributed by atoms with Gasteiger partial charge in [0.05, 0.1) is 5.69 Å². The molecule has 1 atom stereocenters. The third kappa shape index (κ3) is 5.73. The van der Waals surface area contributed by atoms with Gasteiger partial charge in [0, 0.05) is 21.0 Å². The Kier molecular flexibility index (Phi) is 6.80. The molecule has 0 heterocycles. The first kappa shape index (κ1) is 16.9. The van der Waals surface area contributed by atoms with Crippen LogP contribution in [0, 0.1) is 0 Å². The lowest BCUT2D eigenvalue weighted by Gasteiger charge is -2.07. The van der Waals surface area contributed by atoms with Crippen molar-refractivity contribution < 1.29 is 9.00 Å². The van der Waals surface area contributed by atoms with E-state index >= 15 is 0 Å². The molecule has 0 fully saturated rings. The predicted octanol–water partition coefficient (Wildman–Crippen LogP) is 3.77. The zero-order valence-electron chi connectivity index (χ0n) is 12.1. The van der Waals surface area contributed by atoms with Crippen LogP contribution in [0.15, 0.2) is 59.1 Å². The summed E-state index contributed by atoms with van der Waals surface area (Å²) in [5.41, 5.74) is 1.94. The van der Waals surface area contributed by atoms with E-state index in [-0.39, 0.29) is 11.7 Å². The molecule has 2 rings (SSSR count). The van der Waals surface area contributed by atoms with Crippen molar-refractivity contribution in [1.29, 1.82) is 0 Å². The number of anilines is 1. The lowest BCUT2D eigenvalue weighted by molar-refractivity contribution is -0.113. The summed E-state index contributed by atoms with van der Waals surface area (Å²) in [7, 11) is -1.13. The van der Waals surface area contributed by atoms with E-state index < -0.39 is 10.8 Å². The van der Waals surface area contributed by atoms with Crippen molar-refractivity contribution in [1.82, 2.24) is 0 Å². The van der Waals surface area contributed by atoms with Crippen LogP contribution in [0.3, 0.4) is 0 Å². The Hall–Kier alpha value is -1.46. The third-order valence-corrected chi connectivity index (χ3v) is 5.14. The molecule has 2 aromatic carbocycles. The number of hydrogen-bond donors (Lipinski definition) is 1. The number of amides is 1. The maximum atomic E-state index is 12.0. The number of para-hydroxylation sites is 1. The molecule has 3 nitrogen and oxygen atoms in total. The van der Waals surface area contributed by atoms with Crippen LogP contribution in [0.5, 0.6) is 0 Å². The van der Waals surface area contributed by atoms with E-state index in [1.807, 2.05) is 36.4 Å². The van der Waals surface area contributed by atoms with Gasteiger partial charge in [-0.05, 0) is 46.5 Å². The van der Waals surface area contributed by atoms with Gasteiger partial charge in [-0.25, -0.2) is 0 Å². The summed E-state index contributed by atoms with van der Waals surface area (Å²) in [6.07, 6.45) is 1.71. The van der Waals surface area contributed by atoms with Crippen LogP contribution in [0.4, 0.5) is 5.69 Å². The number of aryl methyl sites for hydroxylation is 1. The van der Waals surface area contributed by atoms with Crippen molar-refractivity contribution in [2.45, 2.75) is 12.8 Å². The van der Waals surface area contributed by atoms with Gasteiger partial charge >= 0.3 is 0 Å². The van der Waals surface area contributed by atoms with Gasteiger partial charge in [0.1, 0.15) is 5.75 Å². The van der Waals surface area contributed by atoms with Crippen molar-refractivity contribution in [2.75, 3.05) is 16.8 Å². The smallest absolute Gasteiger partial charge is 0.237 e. The highest BCUT2D eigenvalue weighted by molar-refractivity contribution is 9.10. The summed E-state index contributed by atoms with van der Waals surface area (Å²) < 4.78 is 12.8. The molecule has 0 spiro atoms. The topological polar surface area (TPSA) is 46.2 Å². The highest BCUT2D eigenvalue weighted by atomic mass is 79.9. The average Bonchev–Trinajstić information content (AvgIpc) is 2.50. The van der Waals surface area contributed by atoms with Crippen LogP contribution < -0.4 is 5.32 Å². The van der Waals surface area contributed by atoms with Crippen LogP contribution in [0.25, 0.3) is 0 Å². The highest BCUT2D eigenvalue weighted by Gasteiger charge is 2.09. The molecule has 0 bridgehead atoms. The SMILES string of the molecule is O=C(C[S@@](=O)CCCc1ccccc1)Nc1ccccc1Br. The molecule has 1 N–H and O–H groups in total. The Morgan fingerprint density at radius 2 is 1.73 bits per heavy atom. The van der Waals surface area contributed by atoms with Crippen molar-refractivity contribution in [3.63, 3.8) is 0 Å². The second-order valence-electron chi connectivity index (χ2n) is 4.91. The number of benzene rings is 2. The average molecular weight is 380 g/mol. The quantitative estimate of drug-likeness (QED) is 0.795. The number of rotatable bonds is 7. The molecule has 1 amide bonds. The highest BCUT2D eigenvalue weighted by Crippen LogP contribution is 2.20. The van der Waals surface area contributed by atoms with Crippen LogP contribution in [0.2, 0.25) is 0 Å². The number of halogens is 1. The molecule has 2 aromatic rings. The molecule has 0 saturated heterocycles. The monoisotopic (exact) mass is 379 g/mol. The van der Waals surface area contributed by atoms with Gasteiger partial charge in [0.2, 0.25) is 5.91 Å². The van der Waals surface area contributed by atoms with Gasteiger partial charge in [0.25, 0.3) is 0 Å². The first-order valence-corrected chi connectivity index (χ1v) is 9.36. The number of carbonyl (C=O) groups is 1. The Labute approximate surface area is 141 Å². The van der Waals surface area contributed by atoms with E-state index in [2.05, 4.69) is 33.4 Å². The summed E-state index contributed by atoms with van der Waals surface area (Å²) in [4.78, 5) is 11.9. The normalized spacial score (nSPS) is 11.9. The molecule has 5 heteroatoms. The van der Waals surface area contributed by atoms with Gasteiger partial charge in [-0.1, -0.05) is 42.5 Å². The van der Waals surface area contributed by atoms with Crippen molar-refractivity contribution >= 4 is 38.3 Å². The first-order valence-electron chi connectivity index (χ1n) is 7.08. The second kappa shape index (κ2) is 8.86. The van der Waals surface area contributed by atoms with Crippen molar-refractivity contribution in [3.8, 4) is 0 Å². The summed E-state index contributed by atoms with van der Waals surface area (Å²) in [6.45, 7) is 0. The minimum absolute atomic E-state index is 0.0378. The molecule has 0 aromatic heterocycles. The van der Waals surface area contributed by atoms with Crippen LogP contribution in [-0.4, -0.2) is 21.6 Å². The molecule has 0 aliphatic carbocycles. The summed E-state index contributed by atoms with van der Waals surface area (Å²) >= 11 is 3.37. The predicted molar refractivity (Wildman–Crippen MR) is 95.4 cm³/mol. The molecule has 0 aliphatic rings. The standard InChI is InChI=1S/C17H18BrNO2S/c18-15-10-4-5-11-16(15)19-17(20)13-22(21)12-6-9-14-7-2-1-3-8-14/h1-5,7-8,10-11H,6,9,12-13H2,(H,19,20)/t22-/m0/s1. The molecule has 0 unspecified atom stereocenters. The summed E-state index contributed by atoms with van der Waals surface area (Å²) in [6, 6.07) is 17.5. The molecule has 0 aliphatic heterocycles. The molecule has 0 saturated carbocycles. The Balaban J connectivity index is 1.72. The zero-order valence-corrected chi connectivity index (χ0v) is 14.5. The Bertz CT molecular complexity index is 646. The Morgan fingerprint density at radius 1 is 1.05 bits per heavy atom.